The van der Waals surface area contributed by atoms with Crippen LogP contribution in [0.25, 0.3) is 6.08 Å². The molecule has 10 nitrogen and oxygen atoms in total. The maximum absolute atomic E-state index is 12.0. The Bertz CT molecular complexity index is 962. The van der Waals surface area contributed by atoms with Gasteiger partial charge in [-0.1, -0.05) is 0 Å². The van der Waals surface area contributed by atoms with Gasteiger partial charge in [-0.15, -0.1) is 10.2 Å². The van der Waals surface area contributed by atoms with E-state index >= 15 is 0 Å². The van der Waals surface area contributed by atoms with Crippen LogP contribution in [-0.2, 0) is 16.6 Å². The number of carbonyl (C=O) groups excluding carboxylic acids is 2. The van der Waals surface area contributed by atoms with E-state index in [4.69, 9.17) is 12.2 Å². The van der Waals surface area contributed by atoms with Crippen LogP contribution in [-0.4, -0.2) is 36.6 Å². The molecule has 0 saturated carbocycles. The van der Waals surface area contributed by atoms with E-state index in [1.54, 1.807) is 11.6 Å². The zero-order valence-electron chi connectivity index (χ0n) is 13.1. The van der Waals surface area contributed by atoms with Gasteiger partial charge >= 0.3 is 0 Å². The topological polar surface area (TPSA) is 132 Å². The Morgan fingerprint density at radius 3 is 2.58 bits per heavy atom. The highest BCUT2D eigenvalue weighted by atomic mass is 32.2. The van der Waals surface area contributed by atoms with E-state index in [2.05, 4.69) is 20.8 Å². The van der Waals surface area contributed by atoms with E-state index in [1.165, 1.54) is 42.4 Å². The van der Waals surface area contributed by atoms with Crippen molar-refractivity contribution in [3.63, 3.8) is 0 Å². The first-order valence-corrected chi connectivity index (χ1v) is 8.26. The number of thiocarbonyl (C=S) groups is 1. The number of aromatic nitrogens is 3. The first-order chi connectivity index (χ1) is 12.3. The number of nitrogens with zero attached hydrogens (tertiary/aromatic N) is 4. The molecule has 0 aliphatic carbocycles. The van der Waals surface area contributed by atoms with Crippen LogP contribution in [0.5, 0.6) is 0 Å². The minimum absolute atomic E-state index is 0.0927. The van der Waals surface area contributed by atoms with Gasteiger partial charge in [-0.25, -0.2) is 0 Å². The van der Waals surface area contributed by atoms with Crippen molar-refractivity contribution in [2.24, 2.45) is 7.05 Å². The van der Waals surface area contributed by atoms with Crippen molar-refractivity contribution in [1.29, 1.82) is 0 Å². The summed E-state index contributed by atoms with van der Waals surface area (Å²) in [7, 11) is 1.74. The molecule has 2 amide bonds. The van der Waals surface area contributed by atoms with E-state index in [0.29, 0.717) is 15.6 Å². The highest BCUT2D eigenvalue weighted by molar-refractivity contribution is 7.99. The van der Waals surface area contributed by atoms with E-state index in [0.717, 1.165) is 0 Å². The number of aryl methyl sites for hydroxylation is 1. The molecule has 26 heavy (non-hydrogen) atoms. The third kappa shape index (κ3) is 3.60. The smallest absolute Gasteiger partial charge is 0.270 e. The van der Waals surface area contributed by atoms with Gasteiger partial charge in [0.1, 0.15) is 11.9 Å². The molecule has 12 heteroatoms. The molecular formula is C14H10N6O4S2. The second-order valence-electron chi connectivity index (χ2n) is 5.10. The Balaban J connectivity index is 2.07. The van der Waals surface area contributed by atoms with Gasteiger partial charge in [0.25, 0.3) is 17.5 Å². The largest absolute Gasteiger partial charge is 0.311 e. The zero-order chi connectivity index (χ0) is 18.8. The lowest BCUT2D eigenvalue weighted by atomic mass is 10.1. The summed E-state index contributed by atoms with van der Waals surface area (Å²) < 4.78 is 1.67. The summed E-state index contributed by atoms with van der Waals surface area (Å²) in [5, 5.41) is 23.9. The van der Waals surface area contributed by atoms with Crippen molar-refractivity contribution >= 4 is 52.7 Å². The summed E-state index contributed by atoms with van der Waals surface area (Å²) in [5.74, 6) is -1.36. The SMILES string of the molecule is Cn1cnnc1Sc1ccc([N+](=O)[O-])cc1C=C1C(=O)NC(=S)NC1=O. The van der Waals surface area contributed by atoms with Crippen molar-refractivity contribution < 1.29 is 14.5 Å². The average molecular weight is 390 g/mol. The molecule has 1 aliphatic rings. The van der Waals surface area contributed by atoms with Crippen LogP contribution in [0.3, 0.4) is 0 Å². The Morgan fingerprint density at radius 1 is 1.31 bits per heavy atom. The number of carbonyl (C=O) groups is 2. The number of benzene rings is 1. The maximum atomic E-state index is 12.0. The molecule has 2 aromatic rings. The first kappa shape index (κ1) is 17.7. The molecule has 0 radical (unpaired) electrons. The standard InChI is InChI=1S/C14H10N6O4S2/c1-19-6-15-18-14(19)26-10-3-2-8(20(23)24)4-7(10)5-9-11(21)16-13(25)17-12(9)22/h2-6H,1H3,(H2,16,17,21,22,25). The molecule has 0 spiro atoms. The quantitative estimate of drug-likeness (QED) is 0.257. The van der Waals surface area contributed by atoms with Crippen molar-refractivity contribution in [3.8, 4) is 0 Å². The molecule has 1 fully saturated rings. The number of hydrogen-bond donors (Lipinski definition) is 2. The fourth-order valence-corrected chi connectivity index (χ4v) is 3.11. The number of non-ortho nitro benzene ring substituents is 1. The number of nitro groups is 1. The Labute approximate surface area is 155 Å². The molecule has 132 valence electrons. The normalized spacial score (nSPS) is 14.0. The monoisotopic (exact) mass is 390 g/mol. The molecule has 1 aromatic heterocycles. The fraction of sp³-hybridized carbons (Fsp3) is 0.0714. The maximum Gasteiger partial charge on any atom is 0.270 e. The van der Waals surface area contributed by atoms with Gasteiger partial charge < -0.3 is 4.57 Å². The average Bonchev–Trinajstić information content (AvgIpc) is 2.97. The lowest BCUT2D eigenvalue weighted by molar-refractivity contribution is -0.384. The lowest BCUT2D eigenvalue weighted by Gasteiger charge is -2.16. The molecule has 1 aliphatic heterocycles. The van der Waals surface area contributed by atoms with E-state index in [1.807, 2.05) is 0 Å². The zero-order valence-corrected chi connectivity index (χ0v) is 14.8. The van der Waals surface area contributed by atoms with Gasteiger partial charge in [-0.2, -0.15) is 0 Å². The highest BCUT2D eigenvalue weighted by Crippen LogP contribution is 2.32. The third-order valence-electron chi connectivity index (χ3n) is 3.32. The summed E-state index contributed by atoms with van der Waals surface area (Å²) in [4.78, 5) is 35.1. The molecule has 2 heterocycles. The summed E-state index contributed by atoms with van der Waals surface area (Å²) in [5.41, 5.74) is -0.0643. The molecule has 0 atom stereocenters. The third-order valence-corrected chi connectivity index (χ3v) is 4.67. The number of hydrogen-bond acceptors (Lipinski definition) is 8. The number of nitrogens with one attached hydrogen (secondary N) is 2. The number of rotatable bonds is 4. The highest BCUT2D eigenvalue weighted by Gasteiger charge is 2.26. The molecular weight excluding hydrogens is 380 g/mol. The Kier molecular flexibility index (Phi) is 4.77. The van der Waals surface area contributed by atoms with Gasteiger partial charge in [0.05, 0.1) is 4.92 Å². The molecule has 0 unspecified atom stereocenters. The summed E-state index contributed by atoms with van der Waals surface area (Å²) in [6.45, 7) is 0. The van der Waals surface area contributed by atoms with Gasteiger partial charge in [-0.05, 0) is 41.7 Å². The molecule has 3 rings (SSSR count). The lowest BCUT2D eigenvalue weighted by Crippen LogP contribution is -2.51. The van der Waals surface area contributed by atoms with Crippen molar-refractivity contribution in [2.45, 2.75) is 10.1 Å². The molecule has 1 aromatic carbocycles. The molecule has 1 saturated heterocycles. The summed E-state index contributed by atoms with van der Waals surface area (Å²) in [6.07, 6.45) is 2.78. The van der Waals surface area contributed by atoms with E-state index in [9.17, 15) is 19.7 Å². The van der Waals surface area contributed by atoms with E-state index in [-0.39, 0.29) is 16.4 Å². The van der Waals surface area contributed by atoms with Gasteiger partial charge in [-0.3, -0.25) is 30.3 Å². The summed E-state index contributed by atoms with van der Waals surface area (Å²) >= 11 is 5.94. The predicted molar refractivity (Wildman–Crippen MR) is 95.1 cm³/mol. The number of nitro benzene ring substituents is 1. The van der Waals surface area contributed by atoms with Gasteiger partial charge in [0.15, 0.2) is 10.3 Å². The van der Waals surface area contributed by atoms with Crippen LogP contribution >= 0.6 is 24.0 Å². The van der Waals surface area contributed by atoms with Crippen LogP contribution in [0.2, 0.25) is 0 Å². The summed E-state index contributed by atoms with van der Waals surface area (Å²) in [6, 6.07) is 4.13. The molecule has 2 N–H and O–H groups in total. The van der Waals surface area contributed by atoms with Gasteiger partial charge in [0, 0.05) is 24.1 Å². The van der Waals surface area contributed by atoms with Crippen LogP contribution in [0.15, 0.2) is 40.2 Å². The second-order valence-corrected chi connectivity index (χ2v) is 6.52. The first-order valence-electron chi connectivity index (χ1n) is 7.04. The Hall–Kier alpha value is -3.12. The van der Waals surface area contributed by atoms with Gasteiger partial charge in [0.2, 0.25) is 0 Å². The van der Waals surface area contributed by atoms with Crippen LogP contribution < -0.4 is 10.6 Å². The van der Waals surface area contributed by atoms with Crippen molar-refractivity contribution in [1.82, 2.24) is 25.4 Å². The van der Waals surface area contributed by atoms with Crippen LogP contribution in [0, 0.1) is 10.1 Å². The second kappa shape index (κ2) is 7.01. The van der Waals surface area contributed by atoms with Crippen molar-refractivity contribution in [2.75, 3.05) is 0 Å². The fourth-order valence-electron chi connectivity index (χ4n) is 2.08. The minimum Gasteiger partial charge on any atom is -0.311 e. The van der Waals surface area contributed by atoms with Crippen molar-refractivity contribution in [3.05, 3.63) is 45.8 Å². The Morgan fingerprint density at radius 2 is 2.00 bits per heavy atom. The number of amides is 2. The predicted octanol–water partition coefficient (Wildman–Crippen LogP) is 0.789. The molecule has 0 bridgehead atoms. The van der Waals surface area contributed by atoms with Crippen LogP contribution in [0.4, 0.5) is 5.69 Å². The minimum atomic E-state index is -0.681. The van der Waals surface area contributed by atoms with E-state index < -0.39 is 16.7 Å². The van der Waals surface area contributed by atoms with Crippen LogP contribution in [0.1, 0.15) is 5.56 Å².